The molecule has 0 N–H and O–H groups in total. The topological polar surface area (TPSA) is 72.1 Å². The molecule has 1 atom stereocenters. The first-order chi connectivity index (χ1) is 16.4. The lowest BCUT2D eigenvalue weighted by Gasteiger charge is -2.30. The van der Waals surface area contributed by atoms with E-state index in [2.05, 4.69) is 62.8 Å². The second-order valence-corrected chi connectivity index (χ2v) is 9.05. The minimum absolute atomic E-state index is 0.0901. The van der Waals surface area contributed by atoms with E-state index in [0.717, 1.165) is 67.0 Å². The molecule has 2 aromatic rings. The van der Waals surface area contributed by atoms with Crippen LogP contribution in [0.15, 0.2) is 33.1 Å². The van der Waals surface area contributed by atoms with Crippen molar-refractivity contribution in [1.29, 1.82) is 0 Å². The van der Waals surface area contributed by atoms with Crippen molar-refractivity contribution < 1.29 is 4.74 Å². The molecule has 0 radical (unpaired) electrons. The summed E-state index contributed by atoms with van der Waals surface area (Å²) in [4.78, 5) is 25.3. The molecule has 1 aliphatic rings. The molecule has 0 saturated heterocycles. The summed E-state index contributed by atoms with van der Waals surface area (Å²) < 4.78 is 6.81. The number of likely N-dealkylation sites (N-methyl/N-ethyl adjacent to an activating group) is 1. The van der Waals surface area contributed by atoms with Gasteiger partial charge in [0.25, 0.3) is 5.56 Å². The highest BCUT2D eigenvalue weighted by Gasteiger charge is 2.27. The lowest BCUT2D eigenvalue weighted by Crippen LogP contribution is -2.36. The minimum atomic E-state index is -0.0901. The fraction of sp³-hybridized carbons (Fsp3) is 0.556. The van der Waals surface area contributed by atoms with E-state index in [1.807, 2.05) is 6.92 Å². The molecule has 34 heavy (non-hydrogen) atoms. The van der Waals surface area contributed by atoms with Crippen molar-refractivity contribution in [2.75, 3.05) is 25.2 Å². The third-order valence-electron chi connectivity index (χ3n) is 6.37. The number of rotatable bonds is 11. The Kier molecular flexibility index (Phi) is 8.78. The number of ether oxygens (including phenoxy) is 1. The first kappa shape index (κ1) is 25.8. The molecule has 0 fully saturated rings. The summed E-state index contributed by atoms with van der Waals surface area (Å²) in [6, 6.07) is 6.60. The highest BCUT2D eigenvalue weighted by molar-refractivity contribution is 6.49. The molecule has 7 nitrogen and oxygen atoms in total. The Bertz CT molecular complexity index is 1130. The van der Waals surface area contributed by atoms with Crippen LogP contribution in [0.4, 0.5) is 11.4 Å². The largest absolute Gasteiger partial charge is 0.383 e. The van der Waals surface area contributed by atoms with Crippen molar-refractivity contribution in [3.05, 3.63) is 51.2 Å². The number of aryl methyl sites for hydroxylation is 2. The first-order valence-corrected chi connectivity index (χ1v) is 12.5. The predicted octanol–water partition coefficient (Wildman–Crippen LogP) is 5.20. The number of aliphatic imine (C=N–C) groups is 1. The number of benzene rings is 1. The molecule has 0 spiro atoms. The summed E-state index contributed by atoms with van der Waals surface area (Å²) >= 11 is 0. The number of hydrogen-bond acceptors (Lipinski definition) is 6. The number of unbranched alkanes of at least 4 members (excludes halogenated alkanes) is 1. The lowest BCUT2D eigenvalue weighted by molar-refractivity contribution is 0.182. The number of fused-ring (bicyclic) bond motifs is 1. The quantitative estimate of drug-likeness (QED) is 0.457. The van der Waals surface area contributed by atoms with Crippen molar-refractivity contribution in [3.63, 3.8) is 0 Å². The van der Waals surface area contributed by atoms with E-state index in [-0.39, 0.29) is 11.6 Å². The van der Waals surface area contributed by atoms with Crippen LogP contribution in [0.25, 0.3) is 0 Å². The minimum Gasteiger partial charge on any atom is -0.383 e. The van der Waals surface area contributed by atoms with E-state index >= 15 is 0 Å². The summed E-state index contributed by atoms with van der Waals surface area (Å²) in [5.74, 6) is 0.567. The zero-order chi connectivity index (χ0) is 24.8. The van der Waals surface area contributed by atoms with Crippen LogP contribution in [-0.4, -0.2) is 47.4 Å². The van der Waals surface area contributed by atoms with Gasteiger partial charge in [-0.15, -0.1) is 0 Å². The molecule has 1 unspecified atom stereocenters. The summed E-state index contributed by atoms with van der Waals surface area (Å²) in [5, 5.41) is 4.64. The number of anilines is 1. The van der Waals surface area contributed by atoms with Gasteiger partial charge in [-0.1, -0.05) is 26.7 Å². The van der Waals surface area contributed by atoms with E-state index in [0.29, 0.717) is 23.7 Å². The Morgan fingerprint density at radius 2 is 1.91 bits per heavy atom. The van der Waals surface area contributed by atoms with Gasteiger partial charge >= 0.3 is 0 Å². The molecule has 1 aromatic heterocycles. The molecule has 1 aromatic carbocycles. The maximum atomic E-state index is 13.1. The number of methoxy groups -OCH3 is 1. The van der Waals surface area contributed by atoms with E-state index in [1.165, 1.54) is 4.68 Å². The fourth-order valence-electron chi connectivity index (χ4n) is 4.43. The van der Waals surface area contributed by atoms with Crippen LogP contribution in [0.2, 0.25) is 0 Å². The van der Waals surface area contributed by atoms with Gasteiger partial charge in [0.15, 0.2) is 5.82 Å². The van der Waals surface area contributed by atoms with Crippen LogP contribution in [0.5, 0.6) is 0 Å². The van der Waals surface area contributed by atoms with Crippen LogP contribution in [0, 0.1) is 13.8 Å². The SMILES string of the molecule is CCCCc1nc2n(c(=O)c1C)N=C(CCC)C2=Nc1ccc(N(CC)C(C)COC)cc1C. The van der Waals surface area contributed by atoms with Gasteiger partial charge in [-0.05, 0) is 70.7 Å². The zero-order valence-corrected chi connectivity index (χ0v) is 21.8. The molecule has 0 bridgehead atoms. The fourth-order valence-corrected chi connectivity index (χ4v) is 4.43. The van der Waals surface area contributed by atoms with Crippen LogP contribution in [-0.2, 0) is 11.2 Å². The Labute approximate surface area is 203 Å². The van der Waals surface area contributed by atoms with Gasteiger partial charge in [0, 0.05) is 30.9 Å². The predicted molar refractivity (Wildman–Crippen MR) is 141 cm³/mol. The van der Waals surface area contributed by atoms with Gasteiger partial charge < -0.3 is 9.64 Å². The summed E-state index contributed by atoms with van der Waals surface area (Å²) in [7, 11) is 1.73. The molecule has 7 heteroatoms. The van der Waals surface area contributed by atoms with Gasteiger partial charge in [-0.25, -0.2) is 9.98 Å². The van der Waals surface area contributed by atoms with Crippen molar-refractivity contribution in [1.82, 2.24) is 9.66 Å². The maximum Gasteiger partial charge on any atom is 0.277 e. The van der Waals surface area contributed by atoms with E-state index in [1.54, 1.807) is 7.11 Å². The van der Waals surface area contributed by atoms with Gasteiger partial charge in [0.05, 0.1) is 23.7 Å². The van der Waals surface area contributed by atoms with E-state index < -0.39 is 0 Å². The third-order valence-corrected chi connectivity index (χ3v) is 6.37. The van der Waals surface area contributed by atoms with Crippen molar-refractivity contribution >= 4 is 22.8 Å². The number of nitrogens with zero attached hydrogens (tertiary/aromatic N) is 5. The van der Waals surface area contributed by atoms with Crippen molar-refractivity contribution in [2.24, 2.45) is 10.1 Å². The summed E-state index contributed by atoms with van der Waals surface area (Å²) in [6.07, 6.45) is 4.52. The molecular formula is C27H39N5O2. The first-order valence-electron chi connectivity index (χ1n) is 12.5. The molecule has 1 aliphatic heterocycles. The summed E-state index contributed by atoms with van der Waals surface area (Å²) in [6.45, 7) is 14.1. The van der Waals surface area contributed by atoms with Crippen LogP contribution < -0.4 is 10.5 Å². The van der Waals surface area contributed by atoms with Crippen molar-refractivity contribution in [2.45, 2.75) is 79.7 Å². The average molecular weight is 466 g/mol. The monoisotopic (exact) mass is 465 g/mol. The average Bonchev–Trinajstić information content (AvgIpc) is 3.15. The maximum absolute atomic E-state index is 13.1. The molecule has 0 aliphatic carbocycles. The van der Waals surface area contributed by atoms with Gasteiger partial charge in [0.2, 0.25) is 0 Å². The second kappa shape index (κ2) is 11.6. The van der Waals surface area contributed by atoms with E-state index in [9.17, 15) is 4.79 Å². The Morgan fingerprint density at radius 3 is 2.53 bits per heavy atom. The van der Waals surface area contributed by atoms with E-state index in [4.69, 9.17) is 14.7 Å². The molecule has 184 valence electrons. The smallest absolute Gasteiger partial charge is 0.277 e. The normalized spacial score (nSPS) is 14.9. The molecule has 0 amide bonds. The highest BCUT2D eigenvalue weighted by Crippen LogP contribution is 2.28. The Hall–Kier alpha value is -2.80. The highest BCUT2D eigenvalue weighted by atomic mass is 16.5. The molecule has 3 rings (SSSR count). The van der Waals surface area contributed by atoms with Gasteiger partial charge in [-0.3, -0.25) is 4.79 Å². The summed E-state index contributed by atoms with van der Waals surface area (Å²) in [5.41, 5.74) is 6.08. The molecular weight excluding hydrogens is 426 g/mol. The Balaban J connectivity index is 2.06. The second-order valence-electron chi connectivity index (χ2n) is 9.05. The number of hydrogen-bond donors (Lipinski definition) is 0. The lowest BCUT2D eigenvalue weighted by atomic mass is 10.1. The van der Waals surface area contributed by atoms with Gasteiger partial charge in [0.1, 0.15) is 5.71 Å². The standard InChI is InChI=1S/C27H39N5O2/c1-8-11-13-23-20(6)27(33)32-26(29-23)25(24(30-32)12-9-2)28-22-15-14-21(16-18(22)4)31(10-3)19(5)17-34-7/h14-16,19H,8-13,17H2,1-7H3. The number of aromatic nitrogens is 2. The third kappa shape index (κ3) is 5.30. The zero-order valence-electron chi connectivity index (χ0n) is 21.8. The van der Waals surface area contributed by atoms with Crippen LogP contribution in [0.3, 0.4) is 0 Å². The van der Waals surface area contributed by atoms with Crippen molar-refractivity contribution in [3.8, 4) is 0 Å². The van der Waals surface area contributed by atoms with Crippen LogP contribution >= 0.6 is 0 Å². The van der Waals surface area contributed by atoms with Crippen LogP contribution in [0.1, 0.15) is 76.0 Å². The van der Waals surface area contributed by atoms with Gasteiger partial charge in [-0.2, -0.15) is 9.78 Å². The molecule has 2 heterocycles. The Morgan fingerprint density at radius 1 is 1.15 bits per heavy atom. The molecule has 0 saturated carbocycles.